The Hall–Kier alpha value is -1.45. The minimum Gasteiger partial charge on any atom is -0.481 e. The van der Waals surface area contributed by atoms with E-state index in [0.29, 0.717) is 5.56 Å². The van der Waals surface area contributed by atoms with E-state index >= 15 is 0 Å². The number of carboxylic acids is 1. The van der Waals surface area contributed by atoms with Crippen LogP contribution in [0.3, 0.4) is 0 Å². The number of rotatable bonds is 5. The van der Waals surface area contributed by atoms with Crippen molar-refractivity contribution in [3.05, 3.63) is 34.3 Å². The van der Waals surface area contributed by atoms with Crippen molar-refractivity contribution >= 4 is 37.8 Å². The lowest BCUT2D eigenvalue weighted by Gasteiger charge is -2.27. The first-order valence-corrected chi connectivity index (χ1v) is 8.87. The lowest BCUT2D eigenvalue weighted by atomic mass is 10.0. The predicted octanol–water partition coefficient (Wildman–Crippen LogP) is 0.854. The summed E-state index contributed by atoms with van der Waals surface area (Å²) < 4.78 is 23.6. The van der Waals surface area contributed by atoms with Crippen molar-refractivity contribution in [1.82, 2.24) is 4.90 Å². The van der Waals surface area contributed by atoms with Gasteiger partial charge in [0.15, 0.2) is 0 Å². The Kier molecular flexibility index (Phi) is 4.88. The third kappa shape index (κ3) is 3.84. The highest BCUT2D eigenvalue weighted by atomic mass is 79.9. The maximum atomic E-state index is 12.1. The van der Waals surface area contributed by atoms with Crippen molar-refractivity contribution in [2.24, 2.45) is 5.14 Å². The highest BCUT2D eigenvalue weighted by Crippen LogP contribution is 2.31. The van der Waals surface area contributed by atoms with Crippen molar-refractivity contribution in [3.63, 3.8) is 0 Å². The first kappa shape index (κ1) is 16.9. The van der Waals surface area contributed by atoms with Crippen LogP contribution in [0.25, 0.3) is 0 Å². The van der Waals surface area contributed by atoms with Gasteiger partial charge in [-0.3, -0.25) is 9.59 Å². The van der Waals surface area contributed by atoms with Crippen LogP contribution in [0.2, 0.25) is 0 Å². The first-order chi connectivity index (χ1) is 10.2. The van der Waals surface area contributed by atoms with Gasteiger partial charge in [-0.2, -0.15) is 0 Å². The summed E-state index contributed by atoms with van der Waals surface area (Å²) in [5.41, 5.74) is 0.625. The van der Waals surface area contributed by atoms with Crippen LogP contribution in [-0.2, 0) is 19.6 Å². The average molecular weight is 391 g/mol. The second-order valence-electron chi connectivity index (χ2n) is 5.13. The van der Waals surface area contributed by atoms with Crippen molar-refractivity contribution in [3.8, 4) is 0 Å². The second kappa shape index (κ2) is 6.35. The Morgan fingerprint density at radius 2 is 2.18 bits per heavy atom. The molecule has 2 atom stereocenters. The Morgan fingerprint density at radius 1 is 1.50 bits per heavy atom. The minimum absolute atomic E-state index is 0.0951. The molecule has 1 aliphatic rings. The summed E-state index contributed by atoms with van der Waals surface area (Å²) in [4.78, 5) is 24.5. The lowest BCUT2D eigenvalue weighted by molar-refractivity contribution is -0.139. The topological polar surface area (TPSA) is 118 Å². The smallest absolute Gasteiger partial charge is 0.305 e. The number of hydrogen-bond acceptors (Lipinski definition) is 4. The van der Waals surface area contributed by atoms with Crippen LogP contribution in [0.4, 0.5) is 0 Å². The molecule has 120 valence electrons. The molecule has 0 radical (unpaired) electrons. The van der Waals surface area contributed by atoms with E-state index in [1.54, 1.807) is 24.3 Å². The van der Waals surface area contributed by atoms with E-state index in [9.17, 15) is 18.0 Å². The van der Waals surface area contributed by atoms with Gasteiger partial charge >= 0.3 is 5.97 Å². The fraction of sp³-hybridized carbons (Fsp3) is 0.385. The molecule has 2 unspecified atom stereocenters. The number of aliphatic carboxylic acids is 1. The molecule has 1 heterocycles. The molecule has 3 N–H and O–H groups in total. The number of hydrogen-bond donors (Lipinski definition) is 2. The van der Waals surface area contributed by atoms with E-state index in [4.69, 9.17) is 10.2 Å². The number of likely N-dealkylation sites (tertiary alicyclic amines) is 1. The van der Waals surface area contributed by atoms with Gasteiger partial charge in [-0.15, -0.1) is 0 Å². The zero-order valence-corrected chi connectivity index (χ0v) is 13.9. The third-order valence-corrected chi connectivity index (χ3v) is 5.30. The molecule has 1 aliphatic heterocycles. The van der Waals surface area contributed by atoms with Gasteiger partial charge in [0, 0.05) is 17.4 Å². The molecule has 0 aliphatic carbocycles. The molecular formula is C13H15BrN2O5S. The third-order valence-electron chi connectivity index (χ3n) is 3.57. The van der Waals surface area contributed by atoms with Crippen molar-refractivity contribution in [2.45, 2.75) is 24.1 Å². The quantitative estimate of drug-likeness (QED) is 0.772. The molecule has 1 fully saturated rings. The Morgan fingerprint density at radius 3 is 2.68 bits per heavy atom. The van der Waals surface area contributed by atoms with Crippen LogP contribution in [0.1, 0.15) is 24.4 Å². The number of nitrogens with two attached hydrogens (primary N) is 1. The number of carbonyl (C=O) groups excluding carboxylic acids is 1. The molecule has 0 aromatic heterocycles. The maximum Gasteiger partial charge on any atom is 0.305 e. The number of carbonyl (C=O) groups is 2. The fourth-order valence-corrected chi connectivity index (χ4v) is 3.67. The number of benzene rings is 1. The van der Waals surface area contributed by atoms with E-state index < -0.39 is 33.2 Å². The van der Waals surface area contributed by atoms with Crippen LogP contribution in [0.5, 0.6) is 0 Å². The first-order valence-electron chi connectivity index (χ1n) is 6.47. The van der Waals surface area contributed by atoms with Gasteiger partial charge in [-0.1, -0.05) is 28.1 Å². The lowest BCUT2D eigenvalue weighted by Crippen LogP contribution is -2.35. The average Bonchev–Trinajstić information content (AvgIpc) is 2.77. The second-order valence-corrected chi connectivity index (χ2v) is 7.89. The Bertz CT molecular complexity index is 706. The molecule has 9 heteroatoms. The number of sulfonamides is 1. The molecule has 0 saturated carbocycles. The van der Waals surface area contributed by atoms with E-state index in [-0.39, 0.29) is 19.4 Å². The van der Waals surface area contributed by atoms with E-state index in [2.05, 4.69) is 15.9 Å². The molecule has 7 nitrogen and oxygen atoms in total. The molecular weight excluding hydrogens is 376 g/mol. The zero-order valence-electron chi connectivity index (χ0n) is 11.5. The van der Waals surface area contributed by atoms with Gasteiger partial charge in [-0.05, 0) is 17.7 Å². The van der Waals surface area contributed by atoms with Gasteiger partial charge in [0.1, 0.15) is 5.25 Å². The standard InChI is InChI=1S/C13H15BrN2O5S/c14-9-3-1-2-8(4-9)11(6-13(18)19)16-7-10(5-12(16)17)22(15,20)21/h1-4,10-11H,5-7H2,(H,18,19)(H2,15,20,21). The minimum atomic E-state index is -3.84. The van der Waals surface area contributed by atoms with Crippen molar-refractivity contribution < 1.29 is 23.1 Å². The van der Waals surface area contributed by atoms with Crippen molar-refractivity contribution in [2.75, 3.05) is 6.54 Å². The number of nitrogens with zero attached hydrogens (tertiary/aromatic N) is 1. The van der Waals surface area contributed by atoms with Gasteiger partial charge in [0.05, 0.1) is 12.5 Å². The summed E-state index contributed by atoms with van der Waals surface area (Å²) in [5, 5.41) is 13.2. The van der Waals surface area contributed by atoms with Gasteiger partial charge in [0.25, 0.3) is 0 Å². The number of halogens is 1. The van der Waals surface area contributed by atoms with E-state index in [1.165, 1.54) is 4.90 Å². The highest BCUT2D eigenvalue weighted by molar-refractivity contribution is 9.10. The molecule has 2 rings (SSSR count). The van der Waals surface area contributed by atoms with Gasteiger partial charge in [0.2, 0.25) is 15.9 Å². The number of primary sulfonamides is 1. The summed E-state index contributed by atoms with van der Waals surface area (Å²) in [6, 6.07) is 6.20. The number of carboxylic acid groups (broad SMARTS) is 1. The monoisotopic (exact) mass is 390 g/mol. The molecule has 0 spiro atoms. The summed E-state index contributed by atoms with van der Waals surface area (Å²) in [5.74, 6) is -1.48. The largest absolute Gasteiger partial charge is 0.481 e. The SMILES string of the molecule is NS(=O)(=O)C1CC(=O)N(C(CC(=O)O)c2cccc(Br)c2)C1. The summed E-state index contributed by atoms with van der Waals surface area (Å²) >= 11 is 3.30. The molecule has 0 bridgehead atoms. The normalized spacial score (nSPS) is 20.2. The van der Waals surface area contributed by atoms with Crippen LogP contribution in [-0.4, -0.2) is 42.1 Å². The molecule has 1 aromatic rings. The molecule has 1 aromatic carbocycles. The molecule has 1 amide bonds. The van der Waals surface area contributed by atoms with Gasteiger partial charge < -0.3 is 10.0 Å². The van der Waals surface area contributed by atoms with Crippen LogP contribution < -0.4 is 5.14 Å². The highest BCUT2D eigenvalue weighted by Gasteiger charge is 2.40. The Labute approximate surface area is 136 Å². The zero-order chi connectivity index (χ0) is 16.5. The van der Waals surface area contributed by atoms with Crippen molar-refractivity contribution in [1.29, 1.82) is 0 Å². The molecule has 1 saturated heterocycles. The Balaban J connectivity index is 2.34. The summed E-state index contributed by atoms with van der Waals surface area (Å²) in [7, 11) is -3.84. The van der Waals surface area contributed by atoms with E-state index in [1.807, 2.05) is 0 Å². The van der Waals surface area contributed by atoms with Crippen LogP contribution in [0, 0.1) is 0 Å². The van der Waals surface area contributed by atoms with Crippen LogP contribution >= 0.6 is 15.9 Å². The predicted molar refractivity (Wildman–Crippen MR) is 82.4 cm³/mol. The van der Waals surface area contributed by atoms with Crippen LogP contribution in [0.15, 0.2) is 28.7 Å². The summed E-state index contributed by atoms with van der Waals surface area (Å²) in [6.07, 6.45) is -0.525. The maximum absolute atomic E-state index is 12.1. The summed E-state index contributed by atoms with van der Waals surface area (Å²) in [6.45, 7) is -0.0951. The van der Waals surface area contributed by atoms with E-state index in [0.717, 1.165) is 4.47 Å². The van der Waals surface area contributed by atoms with Gasteiger partial charge in [-0.25, -0.2) is 13.6 Å². The number of amides is 1. The molecule has 22 heavy (non-hydrogen) atoms. The fourth-order valence-electron chi connectivity index (χ4n) is 2.51.